The minimum atomic E-state index is -0.220. The van der Waals surface area contributed by atoms with Gasteiger partial charge in [-0.3, -0.25) is 4.90 Å². The highest BCUT2D eigenvalue weighted by molar-refractivity contribution is 5.41. The molecule has 2 aliphatic carbocycles. The summed E-state index contributed by atoms with van der Waals surface area (Å²) in [7, 11) is 0. The van der Waals surface area contributed by atoms with Crippen LogP contribution in [0.1, 0.15) is 31.2 Å². The van der Waals surface area contributed by atoms with Crippen LogP contribution in [0.15, 0.2) is 18.2 Å². The molecule has 0 aliphatic heterocycles. The first-order chi connectivity index (χ1) is 8.20. The van der Waals surface area contributed by atoms with Gasteiger partial charge in [0.05, 0.1) is 0 Å². The minimum Gasteiger partial charge on any atom is -0.399 e. The number of benzene rings is 1. The molecule has 0 atom stereocenters. The second kappa shape index (κ2) is 4.30. The van der Waals surface area contributed by atoms with E-state index in [-0.39, 0.29) is 5.82 Å². The van der Waals surface area contributed by atoms with Crippen LogP contribution in [0.5, 0.6) is 0 Å². The van der Waals surface area contributed by atoms with Gasteiger partial charge in [-0.1, -0.05) is 0 Å². The van der Waals surface area contributed by atoms with E-state index in [1.54, 1.807) is 6.07 Å². The van der Waals surface area contributed by atoms with Crippen LogP contribution in [0.4, 0.5) is 10.1 Å². The van der Waals surface area contributed by atoms with Gasteiger partial charge in [0.1, 0.15) is 5.82 Å². The van der Waals surface area contributed by atoms with Gasteiger partial charge in [0.25, 0.3) is 0 Å². The zero-order chi connectivity index (χ0) is 11.8. The molecule has 1 aromatic carbocycles. The Balaban J connectivity index is 1.69. The lowest BCUT2D eigenvalue weighted by atomic mass is 10.1. The van der Waals surface area contributed by atoms with E-state index >= 15 is 0 Å². The van der Waals surface area contributed by atoms with Crippen molar-refractivity contribution < 1.29 is 4.39 Å². The third kappa shape index (κ3) is 2.97. The monoisotopic (exact) mass is 234 g/mol. The number of nitrogens with zero attached hydrogens (tertiary/aromatic N) is 1. The fraction of sp³-hybridized carbons (Fsp3) is 0.571. The molecule has 0 unspecified atom stereocenters. The van der Waals surface area contributed by atoms with Gasteiger partial charge in [-0.25, -0.2) is 4.39 Å². The lowest BCUT2D eigenvalue weighted by Crippen LogP contribution is -2.27. The van der Waals surface area contributed by atoms with Crippen LogP contribution in [0.3, 0.4) is 0 Å². The second-order valence-electron chi connectivity index (χ2n) is 5.50. The van der Waals surface area contributed by atoms with Crippen molar-refractivity contribution >= 4 is 5.69 Å². The van der Waals surface area contributed by atoms with Gasteiger partial charge in [0.2, 0.25) is 0 Å². The Hall–Kier alpha value is -1.09. The highest BCUT2D eigenvalue weighted by Crippen LogP contribution is 2.35. The van der Waals surface area contributed by atoms with Crippen molar-refractivity contribution in [2.75, 3.05) is 12.3 Å². The Labute approximate surface area is 102 Å². The van der Waals surface area contributed by atoms with E-state index in [0.29, 0.717) is 5.69 Å². The Morgan fingerprint density at radius 3 is 2.53 bits per heavy atom. The third-order valence-corrected chi connectivity index (χ3v) is 3.62. The number of nitrogens with two attached hydrogens (primary N) is 1. The summed E-state index contributed by atoms with van der Waals surface area (Å²) in [5.41, 5.74) is 7.22. The maximum absolute atomic E-state index is 13.3. The van der Waals surface area contributed by atoms with Crippen LogP contribution in [0, 0.1) is 11.7 Å². The number of hydrogen-bond donors (Lipinski definition) is 1. The van der Waals surface area contributed by atoms with Crippen molar-refractivity contribution in [2.45, 2.75) is 38.3 Å². The number of nitrogen functional groups attached to an aromatic ring is 1. The second-order valence-corrected chi connectivity index (χ2v) is 5.50. The lowest BCUT2D eigenvalue weighted by molar-refractivity contribution is 0.244. The number of hydrogen-bond acceptors (Lipinski definition) is 2. The number of rotatable bonds is 5. The van der Waals surface area contributed by atoms with Crippen LogP contribution >= 0.6 is 0 Å². The van der Waals surface area contributed by atoms with Crippen molar-refractivity contribution in [2.24, 2.45) is 5.92 Å². The summed E-state index contributed by atoms with van der Waals surface area (Å²) in [6, 6.07) is 5.62. The zero-order valence-corrected chi connectivity index (χ0v) is 10.0. The Morgan fingerprint density at radius 2 is 1.94 bits per heavy atom. The highest BCUT2D eigenvalue weighted by atomic mass is 19.1. The Bertz CT molecular complexity index is 390. The summed E-state index contributed by atoms with van der Waals surface area (Å²) >= 11 is 0. The summed E-state index contributed by atoms with van der Waals surface area (Å²) in [6.45, 7) is 2.03. The highest BCUT2D eigenvalue weighted by Gasteiger charge is 2.33. The topological polar surface area (TPSA) is 29.3 Å². The van der Waals surface area contributed by atoms with Crippen molar-refractivity contribution in [3.8, 4) is 0 Å². The summed E-state index contributed by atoms with van der Waals surface area (Å²) in [5, 5.41) is 0. The van der Waals surface area contributed by atoms with Gasteiger partial charge < -0.3 is 5.73 Å². The van der Waals surface area contributed by atoms with Crippen molar-refractivity contribution in [1.29, 1.82) is 0 Å². The van der Waals surface area contributed by atoms with Crippen LogP contribution in [0.2, 0.25) is 0 Å². The maximum atomic E-state index is 13.3. The van der Waals surface area contributed by atoms with E-state index in [4.69, 9.17) is 5.73 Å². The molecule has 0 heterocycles. The zero-order valence-electron chi connectivity index (χ0n) is 10.0. The van der Waals surface area contributed by atoms with Crippen molar-refractivity contribution in [3.05, 3.63) is 29.6 Å². The van der Waals surface area contributed by atoms with Crippen LogP contribution < -0.4 is 5.73 Å². The van der Waals surface area contributed by atoms with Crippen molar-refractivity contribution in [3.63, 3.8) is 0 Å². The molecule has 0 saturated heterocycles. The number of halogens is 1. The van der Waals surface area contributed by atoms with Gasteiger partial charge in [-0.15, -0.1) is 0 Å². The predicted molar refractivity (Wildman–Crippen MR) is 67.0 cm³/mol. The smallest absolute Gasteiger partial charge is 0.125 e. The molecule has 2 aliphatic rings. The molecule has 2 saturated carbocycles. The molecule has 17 heavy (non-hydrogen) atoms. The molecule has 0 bridgehead atoms. The molecular weight excluding hydrogens is 215 g/mol. The summed E-state index contributed by atoms with van der Waals surface area (Å²) < 4.78 is 13.3. The molecule has 2 N–H and O–H groups in total. The lowest BCUT2D eigenvalue weighted by Gasteiger charge is -2.22. The van der Waals surface area contributed by atoms with E-state index in [9.17, 15) is 4.39 Å². The quantitative estimate of drug-likeness (QED) is 0.794. The Morgan fingerprint density at radius 1 is 1.18 bits per heavy atom. The molecule has 3 rings (SSSR count). The maximum Gasteiger partial charge on any atom is 0.125 e. The largest absolute Gasteiger partial charge is 0.399 e. The van der Waals surface area contributed by atoms with Gasteiger partial charge in [-0.05, 0) is 55.4 Å². The molecule has 1 aromatic rings. The van der Waals surface area contributed by atoms with E-state index < -0.39 is 0 Å². The first kappa shape index (κ1) is 11.0. The van der Waals surface area contributed by atoms with Gasteiger partial charge in [-0.2, -0.15) is 0 Å². The SMILES string of the molecule is Nc1cc(F)cc(CN(CC2CC2)C2CC2)c1. The average molecular weight is 234 g/mol. The van der Waals surface area contributed by atoms with Crippen LogP contribution in [0.25, 0.3) is 0 Å². The summed E-state index contributed by atoms with van der Waals surface area (Å²) in [6.07, 6.45) is 5.35. The van der Waals surface area contributed by atoms with Gasteiger partial charge in [0, 0.05) is 24.8 Å². The summed E-state index contributed by atoms with van der Waals surface area (Å²) in [5.74, 6) is 0.670. The first-order valence-corrected chi connectivity index (χ1v) is 6.50. The average Bonchev–Trinajstić information content (AvgIpc) is 3.11. The molecule has 2 fully saturated rings. The standard InChI is InChI=1S/C14H19FN2/c15-12-5-11(6-13(16)7-12)9-17(14-3-4-14)8-10-1-2-10/h5-7,10,14H,1-4,8-9,16H2. The molecule has 3 heteroatoms. The van der Waals surface area contributed by atoms with E-state index in [0.717, 1.165) is 24.1 Å². The van der Waals surface area contributed by atoms with E-state index in [1.165, 1.54) is 38.3 Å². The molecular formula is C14H19FN2. The van der Waals surface area contributed by atoms with E-state index in [1.807, 2.05) is 6.07 Å². The molecule has 0 aromatic heterocycles. The minimum absolute atomic E-state index is 0.220. The molecule has 0 amide bonds. The fourth-order valence-corrected chi connectivity index (χ4v) is 2.42. The molecule has 2 nitrogen and oxygen atoms in total. The molecule has 0 spiro atoms. The van der Waals surface area contributed by atoms with Crippen LogP contribution in [-0.2, 0) is 6.54 Å². The third-order valence-electron chi connectivity index (χ3n) is 3.62. The Kier molecular flexibility index (Phi) is 2.79. The van der Waals surface area contributed by atoms with Gasteiger partial charge >= 0.3 is 0 Å². The molecule has 0 radical (unpaired) electrons. The first-order valence-electron chi connectivity index (χ1n) is 6.50. The normalized spacial score (nSPS) is 19.9. The van der Waals surface area contributed by atoms with Gasteiger partial charge in [0.15, 0.2) is 0 Å². The molecule has 92 valence electrons. The predicted octanol–water partition coefficient (Wildman–Crippen LogP) is 2.78. The van der Waals surface area contributed by atoms with Crippen molar-refractivity contribution in [1.82, 2.24) is 4.90 Å². The number of anilines is 1. The fourth-order valence-electron chi connectivity index (χ4n) is 2.42. The van der Waals surface area contributed by atoms with Crippen LogP contribution in [-0.4, -0.2) is 17.5 Å². The van der Waals surface area contributed by atoms with E-state index in [2.05, 4.69) is 4.90 Å². The summed E-state index contributed by atoms with van der Waals surface area (Å²) in [4.78, 5) is 2.51.